The maximum absolute atomic E-state index is 5.31. The van der Waals surface area contributed by atoms with Crippen molar-refractivity contribution in [3.63, 3.8) is 0 Å². The minimum Gasteiger partial charge on any atom is -0.497 e. The average Bonchev–Trinajstić information content (AvgIpc) is 3.25. The standard InChI is InChI=1S/C25H27N5O/c1-28-13-14-29(16-19-5-4-12-26-15-19)18-24(28)22-17-30-23(6-3-7-25(30)27-22)20-8-10-21(31-2)11-9-20/h3-12,15,17,24H,13-14,16,18H2,1-2H3/t24-/m0/s1. The second kappa shape index (κ2) is 8.49. The number of aromatic nitrogens is 3. The summed E-state index contributed by atoms with van der Waals surface area (Å²) >= 11 is 0. The first-order chi connectivity index (χ1) is 15.2. The first-order valence-electron chi connectivity index (χ1n) is 10.7. The fourth-order valence-electron chi connectivity index (χ4n) is 4.33. The van der Waals surface area contributed by atoms with E-state index >= 15 is 0 Å². The zero-order chi connectivity index (χ0) is 21.2. The number of ether oxygens (including phenoxy) is 1. The van der Waals surface area contributed by atoms with Gasteiger partial charge in [0.1, 0.15) is 11.4 Å². The summed E-state index contributed by atoms with van der Waals surface area (Å²) in [5.74, 6) is 0.861. The summed E-state index contributed by atoms with van der Waals surface area (Å²) in [5.41, 5.74) is 5.61. The summed E-state index contributed by atoms with van der Waals surface area (Å²) in [7, 11) is 3.89. The summed E-state index contributed by atoms with van der Waals surface area (Å²) in [6.07, 6.45) is 5.98. The maximum atomic E-state index is 5.31. The van der Waals surface area contributed by atoms with Crippen LogP contribution >= 0.6 is 0 Å². The number of methoxy groups -OCH3 is 1. The van der Waals surface area contributed by atoms with E-state index in [9.17, 15) is 0 Å². The molecule has 4 heterocycles. The Hall–Kier alpha value is -3.22. The van der Waals surface area contributed by atoms with E-state index in [1.165, 1.54) is 5.56 Å². The Balaban J connectivity index is 1.43. The van der Waals surface area contributed by atoms with E-state index in [2.05, 4.69) is 68.8 Å². The molecule has 0 spiro atoms. The van der Waals surface area contributed by atoms with E-state index in [-0.39, 0.29) is 6.04 Å². The molecule has 31 heavy (non-hydrogen) atoms. The molecule has 0 bridgehead atoms. The van der Waals surface area contributed by atoms with Crippen LogP contribution in [0.5, 0.6) is 5.75 Å². The monoisotopic (exact) mass is 413 g/mol. The minimum atomic E-state index is 0.258. The first-order valence-corrected chi connectivity index (χ1v) is 10.7. The molecule has 1 fully saturated rings. The smallest absolute Gasteiger partial charge is 0.137 e. The number of hydrogen-bond donors (Lipinski definition) is 0. The lowest BCUT2D eigenvalue weighted by molar-refractivity contribution is 0.0885. The number of imidazole rings is 1. The van der Waals surface area contributed by atoms with Crippen LogP contribution in [-0.4, -0.2) is 58.0 Å². The molecule has 0 N–H and O–H groups in total. The number of hydrogen-bond acceptors (Lipinski definition) is 5. The van der Waals surface area contributed by atoms with Gasteiger partial charge in [0, 0.05) is 44.8 Å². The van der Waals surface area contributed by atoms with E-state index in [1.54, 1.807) is 7.11 Å². The quantitative estimate of drug-likeness (QED) is 0.497. The Kier molecular flexibility index (Phi) is 5.40. The highest BCUT2D eigenvalue weighted by Gasteiger charge is 2.28. The third-order valence-corrected chi connectivity index (χ3v) is 6.10. The van der Waals surface area contributed by atoms with Crippen LogP contribution in [0.15, 0.2) is 73.2 Å². The van der Waals surface area contributed by atoms with Crippen molar-refractivity contribution in [1.29, 1.82) is 0 Å². The molecule has 1 saturated heterocycles. The van der Waals surface area contributed by atoms with Crippen molar-refractivity contribution < 1.29 is 4.74 Å². The van der Waals surface area contributed by atoms with Crippen molar-refractivity contribution in [3.8, 4) is 17.0 Å². The van der Waals surface area contributed by atoms with E-state index in [1.807, 2.05) is 30.6 Å². The van der Waals surface area contributed by atoms with E-state index < -0.39 is 0 Å². The Labute approximate surface area is 182 Å². The highest BCUT2D eigenvalue weighted by atomic mass is 16.5. The zero-order valence-corrected chi connectivity index (χ0v) is 18.0. The molecule has 6 heteroatoms. The molecule has 3 aromatic heterocycles. The Bertz CT molecular complexity index is 1160. The lowest BCUT2D eigenvalue weighted by atomic mass is 10.1. The van der Waals surface area contributed by atoms with Crippen molar-refractivity contribution in [2.45, 2.75) is 12.6 Å². The van der Waals surface area contributed by atoms with E-state index in [0.717, 1.165) is 54.5 Å². The summed E-state index contributed by atoms with van der Waals surface area (Å²) in [6.45, 7) is 3.94. The maximum Gasteiger partial charge on any atom is 0.137 e. The van der Waals surface area contributed by atoms with Gasteiger partial charge in [-0.25, -0.2) is 4.98 Å². The summed E-state index contributed by atoms with van der Waals surface area (Å²) in [5, 5.41) is 0. The van der Waals surface area contributed by atoms with Gasteiger partial charge >= 0.3 is 0 Å². The normalized spacial score (nSPS) is 17.8. The molecular formula is C25H27N5O. The van der Waals surface area contributed by atoms with Crippen molar-refractivity contribution in [2.24, 2.45) is 0 Å². The average molecular weight is 414 g/mol. The van der Waals surface area contributed by atoms with Crippen LogP contribution in [0, 0.1) is 0 Å². The van der Waals surface area contributed by atoms with Crippen molar-refractivity contribution in [3.05, 3.63) is 84.4 Å². The van der Waals surface area contributed by atoms with Gasteiger partial charge in [-0.3, -0.25) is 19.2 Å². The molecule has 0 saturated carbocycles. The predicted molar refractivity (Wildman–Crippen MR) is 122 cm³/mol. The van der Waals surface area contributed by atoms with E-state index in [4.69, 9.17) is 9.72 Å². The van der Waals surface area contributed by atoms with Crippen LogP contribution in [0.2, 0.25) is 0 Å². The second-order valence-corrected chi connectivity index (χ2v) is 8.13. The van der Waals surface area contributed by atoms with Gasteiger partial charge in [-0.1, -0.05) is 12.1 Å². The fraction of sp³-hybridized carbons (Fsp3) is 0.280. The number of nitrogens with zero attached hydrogens (tertiary/aromatic N) is 5. The molecule has 5 rings (SSSR count). The van der Waals surface area contributed by atoms with E-state index in [0.29, 0.717) is 0 Å². The molecule has 0 amide bonds. The molecular weight excluding hydrogens is 386 g/mol. The van der Waals surface area contributed by atoms with Gasteiger partial charge in [-0.05, 0) is 60.6 Å². The number of likely N-dealkylation sites (N-methyl/N-ethyl adjacent to an activating group) is 1. The Morgan fingerprint density at radius 3 is 2.68 bits per heavy atom. The summed E-state index contributed by atoms with van der Waals surface area (Å²) < 4.78 is 7.51. The largest absolute Gasteiger partial charge is 0.497 e. The third-order valence-electron chi connectivity index (χ3n) is 6.10. The van der Waals surface area contributed by atoms with Crippen LogP contribution in [0.4, 0.5) is 0 Å². The molecule has 6 nitrogen and oxygen atoms in total. The van der Waals surface area contributed by atoms with Gasteiger partial charge in [-0.2, -0.15) is 0 Å². The van der Waals surface area contributed by atoms with Crippen molar-refractivity contribution in [1.82, 2.24) is 24.2 Å². The third kappa shape index (κ3) is 4.04. The molecule has 158 valence electrons. The highest BCUT2D eigenvalue weighted by Crippen LogP contribution is 2.28. The van der Waals surface area contributed by atoms with Crippen LogP contribution in [0.3, 0.4) is 0 Å². The van der Waals surface area contributed by atoms with Crippen LogP contribution in [-0.2, 0) is 6.54 Å². The topological polar surface area (TPSA) is 45.9 Å². The SMILES string of the molecule is COc1ccc(-c2cccc3nc([C@@H]4CN(Cc5cccnc5)CCN4C)cn23)cc1. The number of fused-ring (bicyclic) bond motifs is 1. The molecule has 0 aliphatic carbocycles. The highest BCUT2D eigenvalue weighted by molar-refractivity contribution is 5.64. The van der Waals surface area contributed by atoms with Gasteiger partial charge in [0.25, 0.3) is 0 Å². The predicted octanol–water partition coefficient (Wildman–Crippen LogP) is 3.89. The molecule has 1 atom stereocenters. The van der Waals surface area contributed by atoms with Crippen molar-refractivity contribution in [2.75, 3.05) is 33.8 Å². The number of benzene rings is 1. The van der Waals surface area contributed by atoms with Gasteiger partial charge in [0.15, 0.2) is 0 Å². The molecule has 1 aliphatic heterocycles. The van der Waals surface area contributed by atoms with Crippen LogP contribution in [0.1, 0.15) is 17.3 Å². The molecule has 0 radical (unpaired) electrons. The van der Waals surface area contributed by atoms with Gasteiger partial charge in [0.2, 0.25) is 0 Å². The lowest BCUT2D eigenvalue weighted by Gasteiger charge is -2.38. The zero-order valence-electron chi connectivity index (χ0n) is 18.0. The minimum absolute atomic E-state index is 0.258. The number of pyridine rings is 2. The van der Waals surface area contributed by atoms with Gasteiger partial charge < -0.3 is 4.74 Å². The van der Waals surface area contributed by atoms with Crippen LogP contribution < -0.4 is 4.74 Å². The molecule has 1 aliphatic rings. The van der Waals surface area contributed by atoms with Crippen molar-refractivity contribution >= 4 is 5.65 Å². The molecule has 4 aromatic rings. The van der Waals surface area contributed by atoms with Gasteiger partial charge in [0.05, 0.1) is 24.5 Å². The lowest BCUT2D eigenvalue weighted by Crippen LogP contribution is -2.46. The first kappa shape index (κ1) is 19.7. The number of rotatable bonds is 5. The second-order valence-electron chi connectivity index (χ2n) is 8.13. The molecule has 1 aromatic carbocycles. The Morgan fingerprint density at radius 2 is 1.90 bits per heavy atom. The number of piperazine rings is 1. The molecule has 0 unspecified atom stereocenters. The van der Waals surface area contributed by atoms with Gasteiger partial charge in [-0.15, -0.1) is 0 Å². The summed E-state index contributed by atoms with van der Waals surface area (Å²) in [4.78, 5) is 14.2. The van der Waals surface area contributed by atoms with Crippen LogP contribution in [0.25, 0.3) is 16.9 Å². The fourth-order valence-corrected chi connectivity index (χ4v) is 4.33. The summed E-state index contributed by atoms with van der Waals surface area (Å²) in [6, 6.07) is 18.9. The Morgan fingerprint density at radius 1 is 1.03 bits per heavy atom.